The van der Waals surface area contributed by atoms with E-state index in [0.717, 1.165) is 18.3 Å². The number of nitrogens with zero attached hydrogens (tertiary/aromatic N) is 1. The van der Waals surface area contributed by atoms with Crippen LogP contribution in [0.25, 0.3) is 0 Å². The summed E-state index contributed by atoms with van der Waals surface area (Å²) in [7, 11) is -2.89. The summed E-state index contributed by atoms with van der Waals surface area (Å²) >= 11 is 3.44. The van der Waals surface area contributed by atoms with Gasteiger partial charge in [0, 0.05) is 17.9 Å². The van der Waals surface area contributed by atoms with E-state index in [4.69, 9.17) is 0 Å². The fourth-order valence-electron chi connectivity index (χ4n) is 1.97. The molecular formula is C12H24BrNO2S. The van der Waals surface area contributed by atoms with Crippen LogP contribution in [0, 0.1) is 0 Å². The molecule has 0 radical (unpaired) electrons. The van der Waals surface area contributed by atoms with Gasteiger partial charge in [0.05, 0.1) is 11.0 Å². The van der Waals surface area contributed by atoms with Crippen molar-refractivity contribution in [2.45, 2.75) is 50.8 Å². The molecule has 1 fully saturated rings. The van der Waals surface area contributed by atoms with E-state index in [1.165, 1.54) is 19.3 Å². The second-order valence-electron chi connectivity index (χ2n) is 5.08. The molecule has 0 aromatic heterocycles. The highest BCUT2D eigenvalue weighted by molar-refractivity contribution is 9.09. The van der Waals surface area contributed by atoms with Gasteiger partial charge in [-0.25, -0.2) is 8.42 Å². The summed E-state index contributed by atoms with van der Waals surface area (Å²) in [5.41, 5.74) is 0. The first kappa shape index (κ1) is 15.4. The van der Waals surface area contributed by atoms with E-state index in [0.29, 0.717) is 18.3 Å². The predicted molar refractivity (Wildman–Crippen MR) is 76.5 cm³/mol. The average Bonchev–Trinajstić information content (AvgIpc) is 2.19. The fourth-order valence-corrected chi connectivity index (χ4v) is 3.18. The molecular weight excluding hydrogens is 302 g/mol. The Balaban J connectivity index is 2.43. The number of hydrogen-bond acceptors (Lipinski definition) is 3. The van der Waals surface area contributed by atoms with Crippen molar-refractivity contribution in [1.29, 1.82) is 0 Å². The maximum atomic E-state index is 11.8. The van der Waals surface area contributed by atoms with Crippen LogP contribution >= 0.6 is 15.9 Å². The first-order valence-electron chi connectivity index (χ1n) is 6.49. The van der Waals surface area contributed by atoms with Crippen LogP contribution in [-0.4, -0.2) is 48.8 Å². The highest BCUT2D eigenvalue weighted by Gasteiger charge is 2.26. The molecule has 0 heterocycles. The minimum absolute atomic E-state index is 0.248. The van der Waals surface area contributed by atoms with Crippen molar-refractivity contribution in [3.8, 4) is 0 Å². The van der Waals surface area contributed by atoms with Gasteiger partial charge in [-0.05, 0) is 39.7 Å². The van der Waals surface area contributed by atoms with Crippen LogP contribution in [0.3, 0.4) is 0 Å². The zero-order valence-electron chi connectivity index (χ0n) is 10.9. The molecule has 17 heavy (non-hydrogen) atoms. The third-order valence-electron chi connectivity index (χ3n) is 3.55. The molecule has 0 aliphatic heterocycles. The Morgan fingerprint density at radius 2 is 1.94 bits per heavy atom. The van der Waals surface area contributed by atoms with Gasteiger partial charge in [-0.2, -0.15) is 0 Å². The Bertz CT molecular complexity index is 312. The molecule has 0 amide bonds. The van der Waals surface area contributed by atoms with Gasteiger partial charge in [0.2, 0.25) is 0 Å². The molecule has 0 spiro atoms. The summed E-state index contributed by atoms with van der Waals surface area (Å²) in [4.78, 5) is 2.37. The van der Waals surface area contributed by atoms with E-state index in [1.807, 2.05) is 0 Å². The van der Waals surface area contributed by atoms with E-state index in [1.54, 1.807) is 13.8 Å². The van der Waals surface area contributed by atoms with Crippen molar-refractivity contribution in [3.05, 3.63) is 0 Å². The maximum absolute atomic E-state index is 11.8. The van der Waals surface area contributed by atoms with E-state index in [9.17, 15) is 8.42 Å². The molecule has 0 bridgehead atoms. The van der Waals surface area contributed by atoms with Crippen LogP contribution in [-0.2, 0) is 9.84 Å². The van der Waals surface area contributed by atoms with Gasteiger partial charge in [-0.15, -0.1) is 0 Å². The number of sulfone groups is 1. The molecule has 0 aromatic carbocycles. The average molecular weight is 326 g/mol. The summed E-state index contributed by atoms with van der Waals surface area (Å²) < 4.78 is 23.6. The molecule has 0 aromatic rings. The molecule has 1 rings (SSSR count). The largest absolute Gasteiger partial charge is 0.299 e. The minimum atomic E-state index is -2.89. The topological polar surface area (TPSA) is 37.4 Å². The first-order chi connectivity index (χ1) is 7.97. The summed E-state index contributed by atoms with van der Waals surface area (Å²) in [6.07, 6.45) is 4.87. The van der Waals surface area contributed by atoms with Crippen LogP contribution in [0.5, 0.6) is 0 Å². The summed E-state index contributed by atoms with van der Waals surface area (Å²) in [6.45, 7) is 5.25. The standard InChI is InChI=1S/C12H24BrNO2S/c1-11(2)17(15,16)10-9-14(8-4-7-13)12-5-3-6-12/h11-12H,3-10H2,1-2H3. The summed E-state index contributed by atoms with van der Waals surface area (Å²) in [5.74, 6) is 0.309. The minimum Gasteiger partial charge on any atom is -0.299 e. The number of rotatable bonds is 8. The predicted octanol–water partition coefficient (Wildman–Crippen LogP) is 2.45. The van der Waals surface area contributed by atoms with E-state index in [2.05, 4.69) is 20.8 Å². The van der Waals surface area contributed by atoms with Gasteiger partial charge < -0.3 is 0 Å². The third kappa shape index (κ3) is 4.87. The van der Waals surface area contributed by atoms with Crippen molar-refractivity contribution in [2.75, 3.05) is 24.2 Å². The van der Waals surface area contributed by atoms with Gasteiger partial charge in [0.15, 0.2) is 9.84 Å². The molecule has 1 aliphatic carbocycles. The van der Waals surface area contributed by atoms with Crippen LogP contribution in [0.1, 0.15) is 39.5 Å². The molecule has 102 valence electrons. The maximum Gasteiger partial charge on any atom is 0.153 e. The Kier molecular flexibility index (Phi) is 6.45. The summed E-state index contributed by atoms with van der Waals surface area (Å²) in [5, 5.41) is 0.745. The molecule has 1 saturated carbocycles. The molecule has 3 nitrogen and oxygen atoms in total. The van der Waals surface area contributed by atoms with E-state index in [-0.39, 0.29) is 5.25 Å². The second kappa shape index (κ2) is 7.10. The fraction of sp³-hybridized carbons (Fsp3) is 1.00. The lowest BCUT2D eigenvalue weighted by Gasteiger charge is -2.37. The van der Waals surface area contributed by atoms with E-state index < -0.39 is 9.84 Å². The molecule has 0 unspecified atom stereocenters. The highest BCUT2D eigenvalue weighted by atomic mass is 79.9. The lowest BCUT2D eigenvalue weighted by molar-refractivity contribution is 0.135. The Labute approximate surface area is 114 Å². The number of halogens is 1. The van der Waals surface area contributed by atoms with Crippen molar-refractivity contribution in [3.63, 3.8) is 0 Å². The SMILES string of the molecule is CC(C)S(=O)(=O)CCN(CCCBr)C1CCC1. The van der Waals surface area contributed by atoms with Crippen LogP contribution in [0.2, 0.25) is 0 Å². The molecule has 0 N–H and O–H groups in total. The van der Waals surface area contributed by atoms with Gasteiger partial charge in [-0.1, -0.05) is 22.4 Å². The zero-order valence-corrected chi connectivity index (χ0v) is 13.3. The van der Waals surface area contributed by atoms with Crippen molar-refractivity contribution in [1.82, 2.24) is 4.90 Å². The van der Waals surface area contributed by atoms with Gasteiger partial charge in [-0.3, -0.25) is 4.90 Å². The molecule has 0 atom stereocenters. The monoisotopic (exact) mass is 325 g/mol. The first-order valence-corrected chi connectivity index (χ1v) is 9.32. The lowest BCUT2D eigenvalue weighted by Crippen LogP contribution is -2.43. The van der Waals surface area contributed by atoms with Crippen molar-refractivity contribution < 1.29 is 8.42 Å². The highest BCUT2D eigenvalue weighted by Crippen LogP contribution is 2.25. The van der Waals surface area contributed by atoms with Crippen LogP contribution in [0.15, 0.2) is 0 Å². The Morgan fingerprint density at radius 1 is 1.29 bits per heavy atom. The summed E-state index contributed by atoms with van der Waals surface area (Å²) in [6, 6.07) is 0.636. The Hall–Kier alpha value is 0.390. The van der Waals surface area contributed by atoms with Gasteiger partial charge in [0.1, 0.15) is 0 Å². The number of hydrogen-bond donors (Lipinski definition) is 0. The number of alkyl halides is 1. The van der Waals surface area contributed by atoms with Crippen molar-refractivity contribution in [2.24, 2.45) is 0 Å². The Morgan fingerprint density at radius 3 is 2.35 bits per heavy atom. The quantitative estimate of drug-likeness (QED) is 0.643. The van der Waals surface area contributed by atoms with Crippen LogP contribution in [0.4, 0.5) is 0 Å². The third-order valence-corrected chi connectivity index (χ3v) is 6.30. The zero-order chi connectivity index (χ0) is 12.9. The normalized spacial score (nSPS) is 17.7. The van der Waals surface area contributed by atoms with E-state index >= 15 is 0 Å². The van der Waals surface area contributed by atoms with Crippen molar-refractivity contribution >= 4 is 25.8 Å². The molecule has 0 saturated heterocycles. The van der Waals surface area contributed by atoms with Crippen LogP contribution < -0.4 is 0 Å². The van der Waals surface area contributed by atoms with Gasteiger partial charge in [0.25, 0.3) is 0 Å². The lowest BCUT2D eigenvalue weighted by atomic mass is 9.91. The molecule has 5 heteroatoms. The second-order valence-corrected chi connectivity index (χ2v) is 8.55. The smallest absolute Gasteiger partial charge is 0.153 e. The molecule has 1 aliphatic rings. The van der Waals surface area contributed by atoms with Gasteiger partial charge >= 0.3 is 0 Å².